The van der Waals surface area contributed by atoms with Gasteiger partial charge < -0.3 is 10.4 Å². The van der Waals surface area contributed by atoms with Crippen molar-refractivity contribution in [2.45, 2.75) is 6.92 Å². The normalized spacial score (nSPS) is 10.6. The zero-order valence-corrected chi connectivity index (χ0v) is 12.7. The summed E-state index contributed by atoms with van der Waals surface area (Å²) in [5.74, 6) is -0.971. The summed E-state index contributed by atoms with van der Waals surface area (Å²) >= 11 is 1.19. The molecule has 0 aliphatic carbocycles. The summed E-state index contributed by atoms with van der Waals surface area (Å²) in [6, 6.07) is 3.52. The topological polar surface area (TPSA) is 101 Å². The fourth-order valence-corrected chi connectivity index (χ4v) is 2.39. The highest BCUT2D eigenvalue weighted by molar-refractivity contribution is 7.99. The lowest BCUT2D eigenvalue weighted by molar-refractivity contribution is -0.133. The number of carbonyl (C=O) groups is 2. The molecule has 0 atom stereocenters. The minimum atomic E-state index is -0.899. The van der Waals surface area contributed by atoms with Crippen molar-refractivity contribution in [2.75, 3.05) is 18.1 Å². The lowest BCUT2D eigenvalue weighted by atomic mass is 10.2. The highest BCUT2D eigenvalue weighted by Crippen LogP contribution is 2.02. The number of rotatable bonds is 6. The van der Waals surface area contributed by atoms with E-state index in [2.05, 4.69) is 10.3 Å². The van der Waals surface area contributed by atoms with Gasteiger partial charge in [-0.05, 0) is 24.6 Å². The number of hydrogen-bond donors (Lipinski definition) is 2. The molecule has 0 aromatic carbocycles. The van der Waals surface area contributed by atoms with Gasteiger partial charge in [0.2, 0.25) is 0 Å². The Hall–Kier alpha value is -2.35. The van der Waals surface area contributed by atoms with Crippen LogP contribution >= 0.6 is 11.8 Å². The van der Waals surface area contributed by atoms with Crippen molar-refractivity contribution in [3.05, 3.63) is 46.0 Å². The maximum atomic E-state index is 12.2. The van der Waals surface area contributed by atoms with Gasteiger partial charge in [-0.15, -0.1) is 11.8 Å². The zero-order valence-electron chi connectivity index (χ0n) is 11.9. The van der Waals surface area contributed by atoms with Gasteiger partial charge in [0.05, 0.1) is 5.75 Å². The average molecular weight is 321 g/mol. The Morgan fingerprint density at radius 1 is 1.45 bits per heavy atom. The molecule has 0 aliphatic rings. The summed E-state index contributed by atoms with van der Waals surface area (Å²) < 4.78 is 1.32. The summed E-state index contributed by atoms with van der Waals surface area (Å²) in [4.78, 5) is 38.7. The summed E-state index contributed by atoms with van der Waals surface area (Å²) in [7, 11) is 0. The van der Waals surface area contributed by atoms with E-state index in [1.165, 1.54) is 22.4 Å². The summed E-state index contributed by atoms with van der Waals surface area (Å²) in [6.45, 7) is 2.17. The number of thioether (sulfide) groups is 1. The molecule has 22 heavy (non-hydrogen) atoms. The number of fused-ring (bicyclic) bond motifs is 1. The summed E-state index contributed by atoms with van der Waals surface area (Å²) in [5.41, 5.74) is 0.989. The second-order valence-corrected chi connectivity index (χ2v) is 5.72. The Morgan fingerprint density at radius 2 is 2.23 bits per heavy atom. The maximum Gasteiger partial charge on any atom is 0.313 e. The quantitative estimate of drug-likeness (QED) is 0.754. The Labute approximate surface area is 130 Å². The van der Waals surface area contributed by atoms with Crippen LogP contribution in [0.2, 0.25) is 0 Å². The lowest BCUT2D eigenvalue weighted by Crippen LogP contribution is -2.32. The van der Waals surface area contributed by atoms with Crippen LogP contribution < -0.4 is 10.9 Å². The predicted molar refractivity (Wildman–Crippen MR) is 83.5 cm³/mol. The first kappa shape index (κ1) is 16.0. The van der Waals surface area contributed by atoms with E-state index in [4.69, 9.17) is 5.11 Å². The fraction of sp³-hybridized carbons (Fsp3) is 0.286. The van der Waals surface area contributed by atoms with Gasteiger partial charge >= 0.3 is 5.97 Å². The number of aryl methyl sites for hydroxylation is 1. The molecule has 2 heterocycles. The van der Waals surface area contributed by atoms with Crippen LogP contribution in [0.1, 0.15) is 15.9 Å². The lowest BCUT2D eigenvalue weighted by Gasteiger charge is -2.06. The predicted octanol–water partition coefficient (Wildman–Crippen LogP) is 0.551. The molecule has 0 saturated carbocycles. The molecule has 0 radical (unpaired) electrons. The third-order valence-corrected chi connectivity index (χ3v) is 3.81. The number of carboxylic acids is 1. The highest BCUT2D eigenvalue weighted by Gasteiger charge is 2.12. The number of pyridine rings is 1. The molecular formula is C14H15N3O4S. The minimum Gasteiger partial charge on any atom is -0.481 e. The summed E-state index contributed by atoms with van der Waals surface area (Å²) in [6.07, 6.45) is 2.84. The number of aromatic nitrogens is 2. The Balaban J connectivity index is 2.06. The van der Waals surface area contributed by atoms with Crippen LogP contribution in [0.5, 0.6) is 0 Å². The largest absolute Gasteiger partial charge is 0.481 e. The van der Waals surface area contributed by atoms with Crippen molar-refractivity contribution in [2.24, 2.45) is 0 Å². The molecule has 1 amide bonds. The molecule has 0 spiro atoms. The summed E-state index contributed by atoms with van der Waals surface area (Å²) in [5, 5.41) is 11.1. The van der Waals surface area contributed by atoms with Gasteiger partial charge in [0.1, 0.15) is 11.2 Å². The molecule has 0 bridgehead atoms. The molecule has 0 fully saturated rings. The molecule has 2 aromatic heterocycles. The van der Waals surface area contributed by atoms with Crippen LogP contribution in [0.3, 0.4) is 0 Å². The van der Waals surface area contributed by atoms with Crippen molar-refractivity contribution < 1.29 is 14.7 Å². The molecular weight excluding hydrogens is 306 g/mol. The molecule has 116 valence electrons. The molecule has 7 nitrogen and oxygen atoms in total. The third kappa shape index (κ3) is 3.85. The van der Waals surface area contributed by atoms with Crippen LogP contribution in [-0.2, 0) is 4.79 Å². The van der Waals surface area contributed by atoms with Gasteiger partial charge in [-0.3, -0.25) is 18.8 Å². The van der Waals surface area contributed by atoms with E-state index in [0.29, 0.717) is 11.4 Å². The number of hydrogen-bond acceptors (Lipinski definition) is 5. The van der Waals surface area contributed by atoms with E-state index >= 15 is 0 Å². The van der Waals surface area contributed by atoms with E-state index < -0.39 is 17.4 Å². The Morgan fingerprint density at radius 3 is 2.95 bits per heavy atom. The number of nitrogens with zero attached hydrogens (tertiary/aromatic N) is 2. The van der Waals surface area contributed by atoms with E-state index in [-0.39, 0.29) is 17.9 Å². The van der Waals surface area contributed by atoms with Gasteiger partial charge in [0.15, 0.2) is 0 Å². The van der Waals surface area contributed by atoms with Crippen molar-refractivity contribution in [1.29, 1.82) is 0 Å². The van der Waals surface area contributed by atoms with Gasteiger partial charge in [0.25, 0.3) is 11.5 Å². The van der Waals surface area contributed by atoms with Crippen LogP contribution in [0.4, 0.5) is 0 Å². The van der Waals surface area contributed by atoms with Gasteiger partial charge in [0, 0.05) is 24.7 Å². The van der Waals surface area contributed by atoms with E-state index in [0.717, 1.165) is 5.56 Å². The zero-order chi connectivity index (χ0) is 16.1. The Kier molecular flexibility index (Phi) is 5.16. The van der Waals surface area contributed by atoms with Crippen LogP contribution in [0, 0.1) is 6.92 Å². The molecule has 0 saturated heterocycles. The molecule has 8 heteroatoms. The van der Waals surface area contributed by atoms with E-state index in [1.54, 1.807) is 18.3 Å². The average Bonchev–Trinajstić information content (AvgIpc) is 2.46. The molecule has 2 N–H and O–H groups in total. The first-order valence-electron chi connectivity index (χ1n) is 6.55. The van der Waals surface area contributed by atoms with Crippen LogP contribution in [0.25, 0.3) is 5.65 Å². The standard InChI is InChI=1S/C14H15N3O4S/c1-9-2-4-17-11(6-9)16-7-10(14(17)21)13(20)15-3-5-22-8-12(18)19/h2,4,6-7H,3,5,8H2,1H3,(H,15,20)(H,18,19). The molecule has 0 aliphatic heterocycles. The van der Waals surface area contributed by atoms with Crippen molar-refractivity contribution in [1.82, 2.24) is 14.7 Å². The van der Waals surface area contributed by atoms with Crippen molar-refractivity contribution in [3.8, 4) is 0 Å². The molecule has 2 rings (SSSR count). The molecule has 0 unspecified atom stereocenters. The second-order valence-electron chi connectivity index (χ2n) is 4.61. The number of aliphatic carboxylic acids is 1. The minimum absolute atomic E-state index is 0.0184. The SMILES string of the molecule is Cc1ccn2c(=O)c(C(=O)NCCSCC(=O)O)cnc2c1. The smallest absolute Gasteiger partial charge is 0.313 e. The van der Waals surface area contributed by atoms with Crippen molar-refractivity contribution in [3.63, 3.8) is 0 Å². The number of amides is 1. The van der Waals surface area contributed by atoms with E-state index in [1.807, 2.05) is 6.92 Å². The fourth-order valence-electron chi connectivity index (χ4n) is 1.82. The number of nitrogens with one attached hydrogen (secondary N) is 1. The first-order valence-corrected chi connectivity index (χ1v) is 7.70. The van der Waals surface area contributed by atoms with E-state index in [9.17, 15) is 14.4 Å². The van der Waals surface area contributed by atoms with Gasteiger partial charge in [-0.1, -0.05) is 0 Å². The second kappa shape index (κ2) is 7.08. The maximum absolute atomic E-state index is 12.2. The first-order chi connectivity index (χ1) is 10.5. The van der Waals surface area contributed by atoms with Crippen LogP contribution in [0.15, 0.2) is 29.3 Å². The van der Waals surface area contributed by atoms with Gasteiger partial charge in [-0.2, -0.15) is 0 Å². The highest BCUT2D eigenvalue weighted by atomic mass is 32.2. The Bertz CT molecular complexity index is 772. The van der Waals surface area contributed by atoms with Crippen molar-refractivity contribution >= 4 is 29.3 Å². The monoisotopic (exact) mass is 321 g/mol. The molecule has 2 aromatic rings. The number of carbonyl (C=O) groups excluding carboxylic acids is 1. The number of carboxylic acid groups (broad SMARTS) is 1. The third-order valence-electron chi connectivity index (χ3n) is 2.87. The van der Waals surface area contributed by atoms with Crippen LogP contribution in [-0.4, -0.2) is 44.4 Å². The van der Waals surface area contributed by atoms with Gasteiger partial charge in [-0.25, -0.2) is 4.98 Å².